The topological polar surface area (TPSA) is 127 Å². The summed E-state index contributed by atoms with van der Waals surface area (Å²) < 4.78 is 27.5. The molecule has 0 spiro atoms. The smallest absolute Gasteiger partial charge is 0.326 e. The van der Waals surface area contributed by atoms with Crippen LogP contribution in [0, 0.1) is 11.8 Å². The minimum absolute atomic E-state index is 0.0219. The lowest BCUT2D eigenvalue weighted by atomic mass is 9.85. The van der Waals surface area contributed by atoms with Gasteiger partial charge in [-0.05, 0) is 19.3 Å². The largest absolute Gasteiger partial charge is 0.454 e. The van der Waals surface area contributed by atoms with Gasteiger partial charge >= 0.3 is 5.97 Å². The summed E-state index contributed by atoms with van der Waals surface area (Å²) >= 11 is 0. The fourth-order valence-electron chi connectivity index (χ4n) is 3.52. The number of nitrogens with zero attached hydrogens (tertiary/aromatic N) is 1. The zero-order valence-corrected chi connectivity index (χ0v) is 14.9. The second kappa shape index (κ2) is 7.18. The van der Waals surface area contributed by atoms with Crippen LogP contribution in [0.4, 0.5) is 0 Å². The van der Waals surface area contributed by atoms with Gasteiger partial charge in [-0.15, -0.1) is 0 Å². The van der Waals surface area contributed by atoms with Crippen molar-refractivity contribution in [3.8, 4) is 0 Å². The van der Waals surface area contributed by atoms with E-state index in [-0.39, 0.29) is 23.3 Å². The first kappa shape index (κ1) is 18.6. The summed E-state index contributed by atoms with van der Waals surface area (Å²) in [5, 5.41) is 2.49. The van der Waals surface area contributed by atoms with E-state index in [9.17, 15) is 27.6 Å². The third-order valence-electron chi connectivity index (χ3n) is 4.85. The lowest BCUT2D eigenvalue weighted by molar-refractivity contribution is -0.155. The Morgan fingerprint density at radius 2 is 1.77 bits per heavy atom. The van der Waals surface area contributed by atoms with Crippen molar-refractivity contribution >= 4 is 33.5 Å². The molecule has 3 amide bonds. The van der Waals surface area contributed by atoms with Crippen molar-refractivity contribution in [2.24, 2.45) is 11.8 Å². The Balaban J connectivity index is 1.45. The molecule has 0 bridgehead atoms. The van der Waals surface area contributed by atoms with Crippen LogP contribution in [0.2, 0.25) is 0 Å². The number of carbonyl (C=O) groups is 4. The molecular weight excluding hydrogens is 364 g/mol. The number of rotatable bonds is 5. The fourth-order valence-corrected chi connectivity index (χ4v) is 5.20. The Hall–Kier alpha value is -2.23. The van der Waals surface area contributed by atoms with E-state index >= 15 is 0 Å². The van der Waals surface area contributed by atoms with E-state index in [1.807, 2.05) is 12.2 Å². The minimum atomic E-state index is -3.12. The molecule has 142 valence electrons. The van der Waals surface area contributed by atoms with Crippen molar-refractivity contribution in [2.75, 3.05) is 24.7 Å². The van der Waals surface area contributed by atoms with Gasteiger partial charge in [0.25, 0.3) is 5.91 Å². The van der Waals surface area contributed by atoms with Gasteiger partial charge in [0.2, 0.25) is 11.8 Å². The van der Waals surface area contributed by atoms with Crippen molar-refractivity contribution in [2.45, 2.75) is 25.3 Å². The molecule has 3 rings (SSSR count). The highest BCUT2D eigenvalue weighted by atomic mass is 32.2. The zero-order chi connectivity index (χ0) is 18.9. The molecule has 26 heavy (non-hydrogen) atoms. The van der Waals surface area contributed by atoms with E-state index in [0.717, 1.165) is 4.90 Å². The van der Waals surface area contributed by atoms with Crippen LogP contribution in [0.3, 0.4) is 0 Å². The number of allylic oxidation sites excluding steroid dienone is 2. The fraction of sp³-hybridized carbons (Fsp3) is 0.625. The lowest BCUT2D eigenvalue weighted by Gasteiger charge is -2.14. The molecule has 0 aromatic heterocycles. The van der Waals surface area contributed by atoms with E-state index < -0.39 is 52.7 Å². The van der Waals surface area contributed by atoms with Crippen molar-refractivity contribution < 1.29 is 32.3 Å². The van der Waals surface area contributed by atoms with Gasteiger partial charge in [0.15, 0.2) is 16.4 Å². The predicted octanol–water partition coefficient (Wildman–Crippen LogP) is -1.22. The molecule has 0 unspecified atom stereocenters. The maximum Gasteiger partial charge on any atom is 0.326 e. The van der Waals surface area contributed by atoms with Gasteiger partial charge in [-0.1, -0.05) is 12.2 Å². The minimum Gasteiger partial charge on any atom is -0.454 e. The molecular formula is C16H20N2O7S. The number of hydrogen-bond donors (Lipinski definition) is 1. The summed E-state index contributed by atoms with van der Waals surface area (Å²) in [4.78, 5) is 49.0. The van der Waals surface area contributed by atoms with Crippen molar-refractivity contribution in [3.63, 3.8) is 0 Å². The Kier molecular flexibility index (Phi) is 5.12. The summed E-state index contributed by atoms with van der Waals surface area (Å²) in [7, 11) is -3.12. The molecule has 1 N–H and O–H groups in total. The zero-order valence-electron chi connectivity index (χ0n) is 14.0. The average molecular weight is 384 g/mol. The molecule has 1 aliphatic carbocycles. The third-order valence-corrected chi connectivity index (χ3v) is 6.62. The number of esters is 1. The molecule has 0 aromatic carbocycles. The van der Waals surface area contributed by atoms with E-state index in [0.29, 0.717) is 19.3 Å². The van der Waals surface area contributed by atoms with E-state index in [2.05, 4.69) is 5.32 Å². The quantitative estimate of drug-likeness (QED) is 0.358. The summed E-state index contributed by atoms with van der Waals surface area (Å²) in [6, 6.07) is -0.483. The molecule has 10 heteroatoms. The SMILES string of the molecule is O=C(COC(=O)CN1C(=O)[C@H]2CC=CC[C@H]2C1=O)N[C@@H]1CCS(=O)(=O)C1. The number of fused-ring (bicyclic) bond motifs is 1. The first-order chi connectivity index (χ1) is 12.3. The predicted molar refractivity (Wildman–Crippen MR) is 88.2 cm³/mol. The number of carbonyl (C=O) groups excluding carboxylic acids is 4. The lowest BCUT2D eigenvalue weighted by Crippen LogP contribution is -2.40. The molecule has 0 aromatic rings. The maximum atomic E-state index is 12.2. The normalized spacial score (nSPS) is 29.5. The van der Waals surface area contributed by atoms with Crippen molar-refractivity contribution in [3.05, 3.63) is 12.2 Å². The van der Waals surface area contributed by atoms with Crippen molar-refractivity contribution in [1.29, 1.82) is 0 Å². The van der Waals surface area contributed by atoms with Crippen LogP contribution in [-0.4, -0.2) is 67.7 Å². The summed E-state index contributed by atoms with van der Waals surface area (Å²) in [6.07, 6.45) is 4.99. The summed E-state index contributed by atoms with van der Waals surface area (Å²) in [5.41, 5.74) is 0. The maximum absolute atomic E-state index is 12.2. The Bertz CT molecular complexity index is 747. The molecule has 0 radical (unpaired) electrons. The number of nitrogens with one attached hydrogen (secondary N) is 1. The Morgan fingerprint density at radius 3 is 2.31 bits per heavy atom. The highest BCUT2D eigenvalue weighted by Gasteiger charge is 2.47. The van der Waals surface area contributed by atoms with Crippen LogP contribution in [0.1, 0.15) is 19.3 Å². The number of ether oxygens (including phenoxy) is 1. The van der Waals surface area contributed by atoms with Gasteiger partial charge in [-0.3, -0.25) is 24.1 Å². The van der Waals surface area contributed by atoms with Gasteiger partial charge in [0.1, 0.15) is 6.54 Å². The summed E-state index contributed by atoms with van der Waals surface area (Å²) in [6.45, 7) is -1.10. The van der Waals surface area contributed by atoms with Crippen LogP contribution >= 0.6 is 0 Å². The third kappa shape index (κ3) is 3.95. The molecule has 2 fully saturated rings. The van der Waals surface area contributed by atoms with E-state index in [1.165, 1.54) is 0 Å². The number of hydrogen-bond acceptors (Lipinski definition) is 7. The van der Waals surface area contributed by atoms with Crippen LogP contribution in [-0.2, 0) is 33.8 Å². The van der Waals surface area contributed by atoms with Gasteiger partial charge in [0.05, 0.1) is 23.3 Å². The number of sulfone groups is 1. The molecule has 0 saturated carbocycles. The highest BCUT2D eigenvalue weighted by molar-refractivity contribution is 7.91. The average Bonchev–Trinajstić information content (AvgIpc) is 3.05. The second-order valence-corrected chi connectivity index (χ2v) is 8.98. The van der Waals surface area contributed by atoms with E-state index in [1.54, 1.807) is 0 Å². The number of amides is 3. The monoisotopic (exact) mass is 384 g/mol. The molecule has 2 saturated heterocycles. The van der Waals surface area contributed by atoms with Crippen LogP contribution in [0.25, 0.3) is 0 Å². The van der Waals surface area contributed by atoms with E-state index in [4.69, 9.17) is 4.74 Å². The second-order valence-electron chi connectivity index (χ2n) is 6.75. The van der Waals surface area contributed by atoms with Gasteiger partial charge in [0, 0.05) is 6.04 Å². The van der Waals surface area contributed by atoms with Crippen LogP contribution < -0.4 is 5.32 Å². The number of imide groups is 1. The molecule has 3 atom stereocenters. The Labute approximate surface area is 150 Å². The van der Waals surface area contributed by atoms with Gasteiger partial charge in [-0.25, -0.2) is 8.42 Å². The van der Waals surface area contributed by atoms with Gasteiger partial charge < -0.3 is 10.1 Å². The molecule has 9 nitrogen and oxygen atoms in total. The number of likely N-dealkylation sites (tertiary alicyclic amines) is 1. The molecule has 2 heterocycles. The molecule has 3 aliphatic rings. The summed E-state index contributed by atoms with van der Waals surface area (Å²) in [5.74, 6) is -3.19. The Morgan fingerprint density at radius 1 is 1.15 bits per heavy atom. The van der Waals surface area contributed by atoms with Crippen LogP contribution in [0.15, 0.2) is 12.2 Å². The standard InChI is InChI=1S/C16H20N2O7S/c19-13(17-10-5-6-26(23,24)9-10)8-25-14(20)7-18-15(21)11-3-1-2-4-12(11)16(18)22/h1-2,10-12H,3-9H2,(H,17,19)/t10-,11-,12+/m1/s1. The highest BCUT2D eigenvalue weighted by Crippen LogP contribution is 2.34. The molecule has 2 aliphatic heterocycles. The van der Waals surface area contributed by atoms with Crippen molar-refractivity contribution in [1.82, 2.24) is 10.2 Å². The first-order valence-corrected chi connectivity index (χ1v) is 10.2. The first-order valence-electron chi connectivity index (χ1n) is 8.42. The van der Waals surface area contributed by atoms with Gasteiger partial charge in [-0.2, -0.15) is 0 Å². The van der Waals surface area contributed by atoms with Crippen LogP contribution in [0.5, 0.6) is 0 Å².